The van der Waals surface area contributed by atoms with E-state index >= 15 is 0 Å². The second kappa shape index (κ2) is 6.00. The van der Waals surface area contributed by atoms with Crippen LogP contribution >= 0.6 is 34.8 Å². The summed E-state index contributed by atoms with van der Waals surface area (Å²) in [6, 6.07) is 3.63. The number of amides is 1. The fourth-order valence-electron chi connectivity index (χ4n) is 1.50. The minimum absolute atomic E-state index is 0.0567. The van der Waals surface area contributed by atoms with Crippen LogP contribution in [-0.2, 0) is 4.79 Å². The zero-order valence-corrected chi connectivity index (χ0v) is 11.9. The number of benzene rings is 1. The third-order valence-corrected chi connectivity index (χ3v) is 3.65. The fourth-order valence-corrected chi connectivity index (χ4v) is 2.11. The molecule has 0 aromatic heterocycles. The molecule has 1 aliphatic carbocycles. The molecule has 6 heteroatoms. The number of carbonyl (C=O) groups excluding carboxylic acids is 1. The van der Waals surface area contributed by atoms with Crippen LogP contribution < -0.4 is 10.6 Å². The molecule has 1 fully saturated rings. The predicted octanol–water partition coefficient (Wildman–Crippen LogP) is 3.73. The molecule has 0 radical (unpaired) electrons. The number of nitrogens with one attached hydrogen (secondary N) is 2. The molecular weight excluding hydrogens is 295 g/mol. The van der Waals surface area contributed by atoms with Crippen molar-refractivity contribution in [1.29, 1.82) is 0 Å². The summed E-state index contributed by atoms with van der Waals surface area (Å²) in [7, 11) is 0. The van der Waals surface area contributed by atoms with Crippen molar-refractivity contribution in [2.45, 2.75) is 25.3 Å². The minimum atomic E-state index is 0.0567. The lowest BCUT2D eigenvalue weighted by molar-refractivity contribution is -0.120. The van der Waals surface area contributed by atoms with Gasteiger partial charge in [-0.3, -0.25) is 4.79 Å². The maximum atomic E-state index is 11.5. The van der Waals surface area contributed by atoms with Crippen LogP contribution in [0.3, 0.4) is 0 Å². The van der Waals surface area contributed by atoms with Gasteiger partial charge in [0.2, 0.25) is 5.91 Å². The van der Waals surface area contributed by atoms with Crippen molar-refractivity contribution in [1.82, 2.24) is 5.32 Å². The second-order valence-electron chi connectivity index (χ2n) is 4.26. The molecule has 0 unspecified atom stereocenters. The lowest BCUT2D eigenvalue weighted by Crippen LogP contribution is -2.27. The molecule has 0 heterocycles. The van der Waals surface area contributed by atoms with Crippen LogP contribution in [0.4, 0.5) is 5.69 Å². The first-order valence-electron chi connectivity index (χ1n) is 5.74. The van der Waals surface area contributed by atoms with Crippen LogP contribution in [0.5, 0.6) is 0 Å². The van der Waals surface area contributed by atoms with Crippen molar-refractivity contribution in [2.75, 3.05) is 11.9 Å². The Hall–Kier alpha value is -0.640. The van der Waals surface area contributed by atoms with Crippen LogP contribution in [0.15, 0.2) is 12.1 Å². The van der Waals surface area contributed by atoms with E-state index in [9.17, 15) is 4.79 Å². The molecule has 1 aliphatic rings. The highest BCUT2D eigenvalue weighted by Gasteiger charge is 2.22. The zero-order valence-electron chi connectivity index (χ0n) is 9.60. The lowest BCUT2D eigenvalue weighted by atomic mass is 10.3. The van der Waals surface area contributed by atoms with Crippen molar-refractivity contribution in [2.24, 2.45) is 0 Å². The van der Waals surface area contributed by atoms with E-state index in [1.165, 1.54) is 0 Å². The van der Waals surface area contributed by atoms with E-state index in [-0.39, 0.29) is 5.91 Å². The molecule has 18 heavy (non-hydrogen) atoms. The molecule has 0 bridgehead atoms. The lowest BCUT2D eigenvalue weighted by Gasteiger charge is -2.09. The molecule has 1 saturated carbocycles. The van der Waals surface area contributed by atoms with Gasteiger partial charge in [0.25, 0.3) is 0 Å². The molecule has 2 rings (SSSR count). The van der Waals surface area contributed by atoms with E-state index in [0.717, 1.165) is 12.8 Å². The van der Waals surface area contributed by atoms with Gasteiger partial charge in [-0.15, -0.1) is 0 Å². The molecule has 0 aliphatic heterocycles. The summed E-state index contributed by atoms with van der Waals surface area (Å²) in [5.74, 6) is 0.0567. The van der Waals surface area contributed by atoms with Gasteiger partial charge in [0.05, 0.1) is 20.8 Å². The number of carbonyl (C=O) groups is 1. The van der Waals surface area contributed by atoms with Crippen LogP contribution in [-0.4, -0.2) is 18.5 Å². The molecule has 0 spiro atoms. The monoisotopic (exact) mass is 306 g/mol. The Morgan fingerprint density at radius 1 is 1.17 bits per heavy atom. The van der Waals surface area contributed by atoms with E-state index in [0.29, 0.717) is 39.8 Å². The van der Waals surface area contributed by atoms with Gasteiger partial charge in [0.15, 0.2) is 0 Å². The highest BCUT2D eigenvalue weighted by Crippen LogP contribution is 2.32. The molecule has 1 amide bonds. The number of rotatable bonds is 5. The van der Waals surface area contributed by atoms with Crippen LogP contribution in [0, 0.1) is 0 Å². The number of anilines is 1. The van der Waals surface area contributed by atoms with Gasteiger partial charge in [0.1, 0.15) is 0 Å². The number of hydrogen-bond acceptors (Lipinski definition) is 2. The highest BCUT2D eigenvalue weighted by atomic mass is 35.5. The maximum absolute atomic E-state index is 11.5. The Balaban J connectivity index is 1.82. The molecule has 1 aromatic carbocycles. The normalized spacial score (nSPS) is 14.4. The minimum Gasteiger partial charge on any atom is -0.383 e. The van der Waals surface area contributed by atoms with Crippen molar-refractivity contribution in [3.8, 4) is 0 Å². The molecule has 2 N–H and O–H groups in total. The van der Waals surface area contributed by atoms with Gasteiger partial charge in [0, 0.05) is 19.0 Å². The smallest absolute Gasteiger partial charge is 0.221 e. The summed E-state index contributed by atoms with van der Waals surface area (Å²) in [5, 5.41) is 7.33. The second-order valence-corrected chi connectivity index (χ2v) is 5.49. The fraction of sp³-hybridized carbons (Fsp3) is 0.417. The number of halogens is 3. The van der Waals surface area contributed by atoms with Crippen LogP contribution in [0.1, 0.15) is 19.3 Å². The summed E-state index contributed by atoms with van der Waals surface area (Å²) < 4.78 is 0. The van der Waals surface area contributed by atoms with Crippen molar-refractivity contribution < 1.29 is 4.79 Å². The largest absolute Gasteiger partial charge is 0.383 e. The van der Waals surface area contributed by atoms with E-state index in [4.69, 9.17) is 34.8 Å². The Labute approximate surface area is 121 Å². The average molecular weight is 308 g/mol. The number of hydrogen-bond donors (Lipinski definition) is 2. The van der Waals surface area contributed by atoms with E-state index in [2.05, 4.69) is 10.6 Å². The van der Waals surface area contributed by atoms with Gasteiger partial charge in [-0.2, -0.15) is 0 Å². The molecule has 3 nitrogen and oxygen atoms in total. The summed E-state index contributed by atoms with van der Waals surface area (Å²) in [5.41, 5.74) is 0.685. The van der Waals surface area contributed by atoms with E-state index < -0.39 is 0 Å². The van der Waals surface area contributed by atoms with Crippen molar-refractivity contribution >= 4 is 46.4 Å². The third kappa shape index (κ3) is 3.94. The van der Waals surface area contributed by atoms with Gasteiger partial charge in [-0.25, -0.2) is 0 Å². The quantitative estimate of drug-likeness (QED) is 0.814. The standard InChI is InChI=1S/C12H13Cl3N2O/c13-8-5-10(15)11(6-9(8)14)16-4-3-12(18)17-7-1-2-7/h5-7,16H,1-4H2,(H,17,18). The van der Waals surface area contributed by atoms with Gasteiger partial charge in [-0.05, 0) is 25.0 Å². The van der Waals surface area contributed by atoms with Crippen LogP contribution in [0.2, 0.25) is 15.1 Å². The third-order valence-electron chi connectivity index (χ3n) is 2.62. The highest BCUT2D eigenvalue weighted by molar-refractivity contribution is 6.44. The first-order valence-corrected chi connectivity index (χ1v) is 6.87. The molecule has 0 saturated heterocycles. The topological polar surface area (TPSA) is 41.1 Å². The van der Waals surface area contributed by atoms with E-state index in [1.807, 2.05) is 0 Å². The summed E-state index contributed by atoms with van der Waals surface area (Å²) >= 11 is 17.7. The Kier molecular flexibility index (Phi) is 4.60. The first-order chi connectivity index (χ1) is 8.56. The SMILES string of the molecule is O=C(CCNc1cc(Cl)c(Cl)cc1Cl)NC1CC1. The van der Waals surface area contributed by atoms with Crippen molar-refractivity contribution in [3.63, 3.8) is 0 Å². The average Bonchev–Trinajstić information content (AvgIpc) is 3.09. The Bertz CT molecular complexity index is 461. The molecule has 98 valence electrons. The summed E-state index contributed by atoms with van der Waals surface area (Å²) in [6.45, 7) is 0.510. The summed E-state index contributed by atoms with van der Waals surface area (Å²) in [6.07, 6.45) is 2.60. The van der Waals surface area contributed by atoms with Gasteiger partial charge >= 0.3 is 0 Å². The zero-order chi connectivity index (χ0) is 13.1. The van der Waals surface area contributed by atoms with Gasteiger partial charge in [-0.1, -0.05) is 34.8 Å². The molecular formula is C12H13Cl3N2O. The van der Waals surface area contributed by atoms with E-state index in [1.54, 1.807) is 12.1 Å². The Morgan fingerprint density at radius 3 is 2.50 bits per heavy atom. The predicted molar refractivity (Wildman–Crippen MR) is 75.7 cm³/mol. The first kappa shape index (κ1) is 13.8. The Morgan fingerprint density at radius 2 is 1.83 bits per heavy atom. The summed E-state index contributed by atoms with van der Waals surface area (Å²) in [4.78, 5) is 11.5. The maximum Gasteiger partial charge on any atom is 0.221 e. The van der Waals surface area contributed by atoms with Gasteiger partial charge < -0.3 is 10.6 Å². The van der Waals surface area contributed by atoms with Crippen molar-refractivity contribution in [3.05, 3.63) is 27.2 Å². The van der Waals surface area contributed by atoms with Crippen LogP contribution in [0.25, 0.3) is 0 Å². The molecule has 1 aromatic rings. The molecule has 0 atom stereocenters.